The molecule has 37 heavy (non-hydrogen) atoms. The largest absolute Gasteiger partial charge is 0.490 e. The van der Waals surface area contributed by atoms with E-state index in [4.69, 9.17) is 14.7 Å². The van der Waals surface area contributed by atoms with Crippen LogP contribution in [0.25, 0.3) is 0 Å². The van der Waals surface area contributed by atoms with Gasteiger partial charge in [0.05, 0.1) is 7.11 Å². The third kappa shape index (κ3) is 5.96. The Hall–Kier alpha value is -3.80. The standard InChI is InChI=1S/C25H30N8O3S/c1-15-14-20(31-30-15)27-22-21(36-3)23(33-12-10-32(11-13-33)16(2)34)29-25(28-22)37-19-8-6-18(7-9-19)26-24(35)17-4-5-17/h6-9,14,17H,4-5,10-13H2,1-3H3,(H,26,35)(H2,27,28,29,30,31). The van der Waals surface area contributed by atoms with Crippen molar-refractivity contribution in [2.75, 3.05) is 48.8 Å². The van der Waals surface area contributed by atoms with Gasteiger partial charge in [0.25, 0.3) is 0 Å². The number of ether oxygens (including phenoxy) is 1. The highest BCUT2D eigenvalue weighted by atomic mass is 32.2. The van der Waals surface area contributed by atoms with Crippen LogP contribution in [0, 0.1) is 12.8 Å². The third-order valence-corrected chi connectivity index (χ3v) is 7.16. The summed E-state index contributed by atoms with van der Waals surface area (Å²) in [6, 6.07) is 9.54. The average Bonchev–Trinajstić information content (AvgIpc) is 3.67. The first-order valence-corrected chi connectivity index (χ1v) is 13.1. The van der Waals surface area contributed by atoms with Crippen LogP contribution in [0.15, 0.2) is 40.4 Å². The van der Waals surface area contributed by atoms with Crippen LogP contribution in [-0.4, -0.2) is 70.2 Å². The molecule has 3 aromatic rings. The van der Waals surface area contributed by atoms with Crippen LogP contribution in [0.4, 0.5) is 23.1 Å². The van der Waals surface area contributed by atoms with Gasteiger partial charge in [0.2, 0.25) is 17.6 Å². The van der Waals surface area contributed by atoms with Gasteiger partial charge in [0, 0.05) is 61.4 Å². The Balaban J connectivity index is 1.41. The van der Waals surface area contributed by atoms with Gasteiger partial charge in [-0.15, -0.1) is 0 Å². The lowest BCUT2D eigenvalue weighted by Gasteiger charge is -2.35. The zero-order valence-corrected chi connectivity index (χ0v) is 21.9. The number of carbonyl (C=O) groups is 2. The minimum atomic E-state index is 0.0681. The first-order valence-electron chi connectivity index (χ1n) is 12.2. The normalized spacial score (nSPS) is 15.4. The molecule has 3 heterocycles. The van der Waals surface area contributed by atoms with Crippen molar-refractivity contribution in [3.8, 4) is 5.75 Å². The SMILES string of the molecule is COc1c(Nc2cc(C)[nH]n2)nc(Sc2ccc(NC(=O)C3CC3)cc2)nc1N1CCN(C(C)=O)CC1. The number of aromatic amines is 1. The Kier molecular flexibility index (Phi) is 7.17. The topological polar surface area (TPSA) is 128 Å². The quantitative estimate of drug-likeness (QED) is 0.381. The second kappa shape index (κ2) is 10.7. The monoisotopic (exact) mass is 522 g/mol. The van der Waals surface area contributed by atoms with Crippen molar-refractivity contribution in [2.24, 2.45) is 5.92 Å². The number of methoxy groups -OCH3 is 1. The van der Waals surface area contributed by atoms with Gasteiger partial charge < -0.3 is 25.2 Å². The number of amides is 2. The predicted molar refractivity (Wildman–Crippen MR) is 142 cm³/mol. The molecule has 194 valence electrons. The molecule has 1 saturated carbocycles. The number of rotatable bonds is 8. The summed E-state index contributed by atoms with van der Waals surface area (Å²) >= 11 is 1.42. The summed E-state index contributed by atoms with van der Waals surface area (Å²) in [4.78, 5) is 38.3. The van der Waals surface area contributed by atoms with E-state index in [0.717, 1.165) is 29.1 Å². The molecule has 2 aromatic heterocycles. The summed E-state index contributed by atoms with van der Waals surface area (Å²) in [5.74, 6) is 2.60. The fourth-order valence-electron chi connectivity index (χ4n) is 4.09. The maximum atomic E-state index is 12.1. The molecule has 5 rings (SSSR count). The molecule has 2 fully saturated rings. The number of aromatic nitrogens is 4. The Morgan fingerprint density at radius 1 is 1.11 bits per heavy atom. The maximum Gasteiger partial charge on any atom is 0.227 e. The third-order valence-electron chi connectivity index (χ3n) is 6.29. The number of hydrogen-bond donors (Lipinski definition) is 3. The zero-order valence-electron chi connectivity index (χ0n) is 21.1. The fourth-order valence-corrected chi connectivity index (χ4v) is 4.84. The number of aryl methyl sites for hydroxylation is 1. The van der Waals surface area contributed by atoms with Crippen molar-refractivity contribution in [3.63, 3.8) is 0 Å². The van der Waals surface area contributed by atoms with Crippen molar-refractivity contribution in [1.82, 2.24) is 25.1 Å². The van der Waals surface area contributed by atoms with Crippen LogP contribution in [0.2, 0.25) is 0 Å². The number of carbonyl (C=O) groups excluding carboxylic acids is 2. The first-order chi connectivity index (χ1) is 17.9. The van der Waals surface area contributed by atoms with E-state index in [9.17, 15) is 9.59 Å². The highest BCUT2D eigenvalue weighted by molar-refractivity contribution is 7.99. The van der Waals surface area contributed by atoms with Crippen molar-refractivity contribution in [1.29, 1.82) is 0 Å². The molecule has 0 radical (unpaired) electrons. The lowest BCUT2D eigenvalue weighted by atomic mass is 10.3. The van der Waals surface area contributed by atoms with E-state index in [1.807, 2.05) is 42.2 Å². The van der Waals surface area contributed by atoms with Crippen molar-refractivity contribution in [3.05, 3.63) is 36.0 Å². The average molecular weight is 523 g/mol. The van der Waals surface area contributed by atoms with Gasteiger partial charge in [-0.25, -0.2) is 9.97 Å². The Bertz CT molecular complexity index is 1280. The molecule has 12 heteroatoms. The molecule has 3 N–H and O–H groups in total. The molecular formula is C25H30N8O3S. The first kappa shape index (κ1) is 24.9. The van der Waals surface area contributed by atoms with Crippen molar-refractivity contribution in [2.45, 2.75) is 36.7 Å². The van der Waals surface area contributed by atoms with Gasteiger partial charge >= 0.3 is 0 Å². The van der Waals surface area contributed by atoms with Crippen LogP contribution in [0.5, 0.6) is 5.75 Å². The van der Waals surface area contributed by atoms with Crippen LogP contribution >= 0.6 is 11.8 Å². The van der Waals surface area contributed by atoms with Gasteiger partial charge in [0.1, 0.15) is 0 Å². The van der Waals surface area contributed by atoms with Gasteiger partial charge in [-0.3, -0.25) is 14.7 Å². The molecule has 0 atom stereocenters. The van der Waals surface area contributed by atoms with E-state index in [-0.39, 0.29) is 17.7 Å². The Labute approximate surface area is 219 Å². The lowest BCUT2D eigenvalue weighted by molar-refractivity contribution is -0.129. The summed E-state index contributed by atoms with van der Waals surface area (Å²) in [6.45, 7) is 6.00. The summed E-state index contributed by atoms with van der Waals surface area (Å²) in [5, 5.41) is 13.9. The van der Waals surface area contributed by atoms with Gasteiger partial charge in [-0.05, 0) is 55.8 Å². The molecule has 0 unspecified atom stereocenters. The second-order valence-electron chi connectivity index (χ2n) is 9.16. The zero-order chi connectivity index (χ0) is 25.9. The van der Waals surface area contributed by atoms with Gasteiger partial charge in [-0.1, -0.05) is 0 Å². The number of H-pyrrole nitrogens is 1. The maximum absolute atomic E-state index is 12.1. The van der Waals surface area contributed by atoms with Crippen molar-refractivity contribution < 1.29 is 14.3 Å². The minimum Gasteiger partial charge on any atom is -0.490 e. The molecule has 1 aromatic carbocycles. The van der Waals surface area contributed by atoms with E-state index >= 15 is 0 Å². The number of hydrogen-bond acceptors (Lipinski definition) is 9. The smallest absolute Gasteiger partial charge is 0.227 e. The highest BCUT2D eigenvalue weighted by Gasteiger charge is 2.29. The molecule has 0 bridgehead atoms. The molecule has 2 aliphatic rings. The molecule has 0 spiro atoms. The van der Waals surface area contributed by atoms with Crippen LogP contribution in [0.3, 0.4) is 0 Å². The summed E-state index contributed by atoms with van der Waals surface area (Å²) in [5.41, 5.74) is 1.69. The lowest BCUT2D eigenvalue weighted by Crippen LogP contribution is -2.48. The number of nitrogens with zero attached hydrogens (tertiary/aromatic N) is 5. The molecule has 1 saturated heterocycles. The molecular weight excluding hydrogens is 492 g/mol. The number of anilines is 4. The fraction of sp³-hybridized carbons (Fsp3) is 0.400. The van der Waals surface area contributed by atoms with Crippen LogP contribution in [0.1, 0.15) is 25.5 Å². The Morgan fingerprint density at radius 3 is 2.43 bits per heavy atom. The molecule has 1 aliphatic heterocycles. The number of benzene rings is 1. The predicted octanol–water partition coefficient (Wildman–Crippen LogP) is 3.43. The summed E-state index contributed by atoms with van der Waals surface area (Å²) < 4.78 is 5.77. The molecule has 11 nitrogen and oxygen atoms in total. The molecule has 2 amide bonds. The summed E-state index contributed by atoms with van der Waals surface area (Å²) in [7, 11) is 1.59. The number of nitrogens with one attached hydrogen (secondary N) is 3. The van der Waals surface area contributed by atoms with E-state index in [0.29, 0.717) is 54.5 Å². The van der Waals surface area contributed by atoms with E-state index in [1.54, 1.807) is 14.0 Å². The Morgan fingerprint density at radius 2 is 1.84 bits per heavy atom. The molecule has 1 aliphatic carbocycles. The van der Waals surface area contributed by atoms with E-state index < -0.39 is 0 Å². The van der Waals surface area contributed by atoms with Crippen LogP contribution < -0.4 is 20.3 Å². The van der Waals surface area contributed by atoms with E-state index in [1.165, 1.54) is 11.8 Å². The second-order valence-corrected chi connectivity index (χ2v) is 10.2. The van der Waals surface area contributed by atoms with Crippen molar-refractivity contribution >= 4 is 46.7 Å². The summed E-state index contributed by atoms with van der Waals surface area (Å²) in [6.07, 6.45) is 1.93. The number of piperazine rings is 1. The van der Waals surface area contributed by atoms with Gasteiger partial charge in [-0.2, -0.15) is 5.10 Å². The highest BCUT2D eigenvalue weighted by Crippen LogP contribution is 2.38. The minimum absolute atomic E-state index is 0.0681. The van der Waals surface area contributed by atoms with Crippen LogP contribution in [-0.2, 0) is 9.59 Å². The van der Waals surface area contributed by atoms with Gasteiger partial charge in [0.15, 0.2) is 22.6 Å². The van der Waals surface area contributed by atoms with E-state index in [2.05, 4.69) is 25.7 Å².